The van der Waals surface area contributed by atoms with E-state index < -0.39 is 17.1 Å². The van der Waals surface area contributed by atoms with E-state index in [4.69, 9.17) is 27.9 Å². The van der Waals surface area contributed by atoms with Gasteiger partial charge in [-0.1, -0.05) is 83.9 Å². The van der Waals surface area contributed by atoms with Crippen molar-refractivity contribution in [3.05, 3.63) is 165 Å². The molecule has 266 valence electrons. The molecule has 1 aromatic heterocycles. The molecular formula is C41H32Cl2N4O4S2. The average molecular weight is 780 g/mol. The molecule has 0 fully saturated rings. The summed E-state index contributed by atoms with van der Waals surface area (Å²) < 4.78 is 5.54. The Labute approximate surface area is 325 Å². The van der Waals surface area contributed by atoms with Crippen LogP contribution in [-0.2, 0) is 9.59 Å². The number of aromatic nitrogens is 1. The summed E-state index contributed by atoms with van der Waals surface area (Å²) in [6.45, 7) is 2.52. The largest absolute Gasteiger partial charge is 0.494 e. The molecule has 6 rings (SSSR count). The minimum absolute atomic E-state index is 0.0317. The third kappa shape index (κ3) is 10.1. The molecular weight excluding hydrogens is 748 g/mol. The van der Waals surface area contributed by atoms with Crippen LogP contribution in [-0.4, -0.2) is 29.3 Å². The number of thioether (sulfide) groups is 1. The molecule has 0 aliphatic heterocycles. The minimum atomic E-state index is -0.646. The van der Waals surface area contributed by atoms with Crippen molar-refractivity contribution in [2.24, 2.45) is 0 Å². The first-order valence-electron chi connectivity index (χ1n) is 16.4. The smallest absolute Gasteiger partial charge is 0.272 e. The Morgan fingerprint density at radius 1 is 0.849 bits per heavy atom. The monoisotopic (exact) mass is 778 g/mol. The second kappa shape index (κ2) is 17.9. The predicted octanol–water partition coefficient (Wildman–Crippen LogP) is 10.4. The fraction of sp³-hybridized carbons (Fsp3) is 0.0732. The Kier molecular flexibility index (Phi) is 12.6. The van der Waals surface area contributed by atoms with Crippen LogP contribution >= 0.6 is 46.3 Å². The van der Waals surface area contributed by atoms with Gasteiger partial charge in [0.25, 0.3) is 11.8 Å². The maximum absolute atomic E-state index is 13.9. The van der Waals surface area contributed by atoms with Gasteiger partial charge in [-0.2, -0.15) is 0 Å². The number of amides is 3. The van der Waals surface area contributed by atoms with Crippen molar-refractivity contribution in [3.8, 4) is 17.0 Å². The van der Waals surface area contributed by atoms with E-state index >= 15 is 0 Å². The number of carbonyl (C=O) groups is 3. The molecule has 3 amide bonds. The van der Waals surface area contributed by atoms with Crippen molar-refractivity contribution in [3.63, 3.8) is 0 Å². The van der Waals surface area contributed by atoms with Crippen LogP contribution in [0.25, 0.3) is 17.3 Å². The molecule has 6 aromatic rings. The lowest BCUT2D eigenvalue weighted by Gasteiger charge is -2.17. The van der Waals surface area contributed by atoms with Gasteiger partial charge in [-0.25, -0.2) is 4.98 Å². The summed E-state index contributed by atoms with van der Waals surface area (Å²) >= 11 is 15.2. The lowest BCUT2D eigenvalue weighted by Crippen LogP contribution is -2.30. The van der Waals surface area contributed by atoms with E-state index in [0.717, 1.165) is 27.5 Å². The van der Waals surface area contributed by atoms with Gasteiger partial charge in [0.2, 0.25) is 5.91 Å². The Morgan fingerprint density at radius 3 is 2.30 bits per heavy atom. The van der Waals surface area contributed by atoms with E-state index in [1.807, 2.05) is 73.0 Å². The molecule has 1 unspecified atom stereocenters. The first-order valence-corrected chi connectivity index (χ1v) is 18.9. The maximum Gasteiger partial charge on any atom is 0.272 e. The molecule has 0 aliphatic rings. The summed E-state index contributed by atoms with van der Waals surface area (Å²) in [5, 5.41) is 11.1. The Balaban J connectivity index is 1.20. The molecule has 1 heterocycles. The third-order valence-corrected chi connectivity index (χ3v) is 10.2. The van der Waals surface area contributed by atoms with Crippen molar-refractivity contribution in [1.29, 1.82) is 0 Å². The van der Waals surface area contributed by atoms with Gasteiger partial charge in [-0.05, 0) is 90.9 Å². The molecule has 0 radical (unpaired) electrons. The second-order valence-corrected chi connectivity index (χ2v) is 14.3. The van der Waals surface area contributed by atoms with E-state index in [1.54, 1.807) is 66.7 Å². The van der Waals surface area contributed by atoms with E-state index in [9.17, 15) is 14.4 Å². The number of ether oxygens (including phenoxy) is 1. The van der Waals surface area contributed by atoms with Gasteiger partial charge < -0.3 is 20.7 Å². The number of hydrogen-bond donors (Lipinski definition) is 3. The topological polar surface area (TPSA) is 109 Å². The lowest BCUT2D eigenvalue weighted by atomic mass is 10.1. The summed E-state index contributed by atoms with van der Waals surface area (Å²) in [6, 6.07) is 37.6. The Bertz CT molecular complexity index is 2250. The number of anilines is 2. The van der Waals surface area contributed by atoms with Gasteiger partial charge in [0.15, 0.2) is 5.13 Å². The number of benzene rings is 5. The zero-order valence-corrected chi connectivity index (χ0v) is 31.4. The van der Waals surface area contributed by atoms with Crippen LogP contribution in [0.1, 0.15) is 33.7 Å². The van der Waals surface area contributed by atoms with Crippen molar-refractivity contribution < 1.29 is 19.1 Å². The van der Waals surface area contributed by atoms with Crippen molar-refractivity contribution in [2.75, 3.05) is 17.2 Å². The second-order valence-electron chi connectivity index (χ2n) is 11.4. The number of halogens is 2. The molecule has 0 bridgehead atoms. The lowest BCUT2D eigenvalue weighted by molar-refractivity contribution is -0.116. The Morgan fingerprint density at radius 2 is 1.58 bits per heavy atom. The number of hydrogen-bond acceptors (Lipinski definition) is 7. The SMILES string of the molecule is CCOc1ccc(-c2csc(NC(=O)C(Sc3cccc(NC(=O)/C(=C\c4ccc(Cl)cc4Cl)NC(=O)c4ccccc4)c3)c3ccccc3)n2)cc1. The maximum atomic E-state index is 13.9. The molecule has 8 nitrogen and oxygen atoms in total. The standard InChI is InChI=1S/C41H32Cl2N4O4S2/c1-2-51-32-20-17-26(18-21-32)36-25-52-41(46-36)47-40(50)37(27-10-5-3-6-11-27)53-33-15-9-14-31(24-33)44-39(49)35(22-29-16-19-30(42)23-34(29)43)45-38(48)28-12-7-4-8-13-28/h3-25,37H,2H2,1H3,(H,44,49)(H,45,48)(H,46,47,50)/b35-22+. The molecule has 3 N–H and O–H groups in total. The highest BCUT2D eigenvalue weighted by atomic mass is 35.5. The summed E-state index contributed by atoms with van der Waals surface area (Å²) in [4.78, 5) is 46.1. The van der Waals surface area contributed by atoms with E-state index in [1.165, 1.54) is 29.2 Å². The summed E-state index contributed by atoms with van der Waals surface area (Å²) in [5.41, 5.74) is 3.73. The van der Waals surface area contributed by atoms with E-state index in [-0.39, 0.29) is 11.6 Å². The molecule has 0 saturated heterocycles. The zero-order valence-electron chi connectivity index (χ0n) is 28.2. The summed E-state index contributed by atoms with van der Waals surface area (Å²) in [6.07, 6.45) is 1.49. The van der Waals surface area contributed by atoms with Crippen LogP contribution in [0.5, 0.6) is 5.75 Å². The number of thiazole rings is 1. The van der Waals surface area contributed by atoms with Crippen LogP contribution in [0.4, 0.5) is 10.8 Å². The van der Waals surface area contributed by atoms with Crippen molar-refractivity contribution >= 4 is 80.9 Å². The fourth-order valence-corrected chi connectivity index (χ4v) is 7.39. The first kappa shape index (κ1) is 37.4. The number of nitrogens with zero attached hydrogens (tertiary/aromatic N) is 1. The summed E-state index contributed by atoms with van der Waals surface area (Å²) in [5.74, 6) is -0.519. The van der Waals surface area contributed by atoms with Crippen LogP contribution < -0.4 is 20.7 Å². The van der Waals surface area contributed by atoms with E-state index in [0.29, 0.717) is 38.6 Å². The number of rotatable bonds is 13. The summed E-state index contributed by atoms with van der Waals surface area (Å²) in [7, 11) is 0. The predicted molar refractivity (Wildman–Crippen MR) is 216 cm³/mol. The quantitative estimate of drug-likeness (QED) is 0.0796. The third-order valence-electron chi connectivity index (χ3n) is 7.67. The average Bonchev–Trinajstić information content (AvgIpc) is 3.64. The highest BCUT2D eigenvalue weighted by molar-refractivity contribution is 8.00. The molecule has 0 spiro atoms. The van der Waals surface area contributed by atoms with Gasteiger partial charge in [0.05, 0.1) is 12.3 Å². The first-order chi connectivity index (χ1) is 25.7. The fourth-order valence-electron chi connectivity index (χ4n) is 5.12. The van der Waals surface area contributed by atoms with Gasteiger partial charge in [0.1, 0.15) is 16.7 Å². The van der Waals surface area contributed by atoms with Crippen LogP contribution in [0.15, 0.2) is 143 Å². The van der Waals surface area contributed by atoms with Crippen molar-refractivity contribution in [2.45, 2.75) is 17.1 Å². The molecule has 53 heavy (non-hydrogen) atoms. The highest BCUT2D eigenvalue weighted by Gasteiger charge is 2.24. The van der Waals surface area contributed by atoms with Gasteiger partial charge >= 0.3 is 0 Å². The molecule has 1 atom stereocenters. The number of carbonyl (C=O) groups excluding carboxylic acids is 3. The Hall–Kier alpha value is -5.39. The van der Waals surface area contributed by atoms with Gasteiger partial charge in [-0.3, -0.25) is 14.4 Å². The molecule has 5 aromatic carbocycles. The normalized spacial score (nSPS) is 11.7. The van der Waals surface area contributed by atoms with Crippen LogP contribution in [0.3, 0.4) is 0 Å². The number of nitrogens with one attached hydrogen (secondary N) is 3. The zero-order chi connectivity index (χ0) is 37.2. The van der Waals surface area contributed by atoms with Crippen molar-refractivity contribution in [1.82, 2.24) is 10.3 Å². The van der Waals surface area contributed by atoms with Gasteiger partial charge in [0, 0.05) is 37.1 Å². The van der Waals surface area contributed by atoms with E-state index in [2.05, 4.69) is 20.9 Å². The highest BCUT2D eigenvalue weighted by Crippen LogP contribution is 2.38. The minimum Gasteiger partial charge on any atom is -0.494 e. The van der Waals surface area contributed by atoms with Crippen LogP contribution in [0.2, 0.25) is 10.0 Å². The van der Waals surface area contributed by atoms with Gasteiger partial charge in [-0.15, -0.1) is 23.1 Å². The van der Waals surface area contributed by atoms with Crippen LogP contribution in [0, 0.1) is 0 Å². The molecule has 0 saturated carbocycles. The molecule has 12 heteroatoms. The molecule has 0 aliphatic carbocycles.